The van der Waals surface area contributed by atoms with E-state index < -0.39 is 41.6 Å². The van der Waals surface area contributed by atoms with Crippen molar-refractivity contribution in [3.05, 3.63) is 38.5 Å². The van der Waals surface area contributed by atoms with E-state index in [-0.39, 0.29) is 68.9 Å². The second-order valence-corrected chi connectivity index (χ2v) is 15.0. The second-order valence-electron chi connectivity index (χ2n) is 14.0. The number of hydrogen-bond donors (Lipinski definition) is 4. The van der Waals surface area contributed by atoms with E-state index >= 15 is 0 Å². The maximum Gasteiger partial charge on any atom is 0.391 e. The first kappa shape index (κ1) is 37.0. The van der Waals surface area contributed by atoms with Crippen LogP contribution < -0.4 is 20.9 Å². The Bertz CT molecular complexity index is 1690. The Labute approximate surface area is 293 Å². The summed E-state index contributed by atoms with van der Waals surface area (Å²) in [6, 6.07) is 4.88. The van der Waals surface area contributed by atoms with Crippen molar-refractivity contribution in [2.75, 3.05) is 23.3 Å². The first-order valence-electron chi connectivity index (χ1n) is 16.2. The lowest BCUT2D eigenvalue weighted by molar-refractivity contribution is -0.182. The van der Waals surface area contributed by atoms with Gasteiger partial charge in [-0.25, -0.2) is 9.97 Å². The molecule has 2 aromatic heterocycles. The largest absolute Gasteiger partial charge is 0.391 e. The summed E-state index contributed by atoms with van der Waals surface area (Å²) in [4.78, 5) is 40.1. The predicted molar refractivity (Wildman–Crippen MR) is 183 cm³/mol. The minimum atomic E-state index is -4.33. The van der Waals surface area contributed by atoms with Gasteiger partial charge in [0.05, 0.1) is 23.1 Å². The summed E-state index contributed by atoms with van der Waals surface area (Å²) in [7, 11) is 0. The molecule has 0 atom stereocenters. The summed E-state index contributed by atoms with van der Waals surface area (Å²) in [5.41, 5.74) is 2.70. The number of nitrogens with zero attached hydrogens (tertiary/aromatic N) is 3. The van der Waals surface area contributed by atoms with Gasteiger partial charge < -0.3 is 25.8 Å². The number of amides is 2. The van der Waals surface area contributed by atoms with E-state index in [9.17, 15) is 35.9 Å². The van der Waals surface area contributed by atoms with Crippen LogP contribution in [0.3, 0.4) is 0 Å². The topological polar surface area (TPSA) is 115 Å². The van der Waals surface area contributed by atoms with Crippen molar-refractivity contribution in [1.29, 1.82) is 0 Å². The number of nitrogens with one attached hydrogen (secondary N) is 4. The van der Waals surface area contributed by atoms with Crippen molar-refractivity contribution in [3.63, 3.8) is 0 Å². The zero-order valence-electron chi connectivity index (χ0n) is 27.6. The van der Waals surface area contributed by atoms with E-state index in [0.717, 1.165) is 20.4 Å². The van der Waals surface area contributed by atoms with Crippen LogP contribution in [0.5, 0.6) is 0 Å². The Hall–Kier alpha value is -3.31. The number of halogens is 7. The van der Waals surface area contributed by atoms with Crippen molar-refractivity contribution in [2.24, 2.45) is 17.3 Å². The molecule has 1 aliphatic carbocycles. The highest BCUT2D eigenvalue weighted by molar-refractivity contribution is 14.1. The van der Waals surface area contributed by atoms with E-state index in [4.69, 9.17) is 0 Å². The maximum absolute atomic E-state index is 13.7. The van der Waals surface area contributed by atoms with Crippen LogP contribution in [0, 0.1) is 27.7 Å². The van der Waals surface area contributed by atoms with Gasteiger partial charge in [-0.2, -0.15) is 26.3 Å². The molecule has 3 aromatic rings. The fourth-order valence-electron chi connectivity index (χ4n) is 6.21. The standard InChI is InChI=1S/C33H40F6IN7O2/c1-17-5-6-18(16-41-29(49)31(2,3)4)24(40)25(17)44-30-43-23-15-22(28(48)42-21-9-7-19(8-10-21)32(34,35)36)27(45-26(23)46-30)47-13-11-20(12-14-47)33(37,38)39/h5-6,15,19-21H,7-14,16H2,1-4H3,(H,41,49)(H,42,48)(H2,43,44,45,46). The summed E-state index contributed by atoms with van der Waals surface area (Å²) in [6.45, 7) is 7.77. The second kappa shape index (κ2) is 14.1. The third-order valence-electron chi connectivity index (χ3n) is 9.27. The van der Waals surface area contributed by atoms with Crippen molar-refractivity contribution >= 4 is 63.0 Å². The molecule has 2 amide bonds. The summed E-state index contributed by atoms with van der Waals surface area (Å²) < 4.78 is 80.8. The van der Waals surface area contributed by atoms with Crippen molar-refractivity contribution in [1.82, 2.24) is 25.6 Å². The molecule has 9 nitrogen and oxygen atoms in total. The number of aryl methyl sites for hydroxylation is 1. The number of aromatic amines is 1. The van der Waals surface area contributed by atoms with Crippen LogP contribution in [-0.4, -0.2) is 58.3 Å². The average molecular weight is 808 g/mol. The van der Waals surface area contributed by atoms with Crippen molar-refractivity contribution < 1.29 is 35.9 Å². The molecule has 2 aliphatic rings. The van der Waals surface area contributed by atoms with Crippen LogP contribution >= 0.6 is 22.6 Å². The molecule has 1 saturated heterocycles. The number of benzene rings is 1. The summed E-state index contributed by atoms with van der Waals surface area (Å²) in [5, 5.41) is 9.08. The maximum atomic E-state index is 13.7. The van der Waals surface area contributed by atoms with E-state index in [1.807, 2.05) is 39.8 Å². The number of hydrogen-bond acceptors (Lipinski definition) is 6. The molecule has 1 aliphatic heterocycles. The van der Waals surface area contributed by atoms with Crippen LogP contribution in [0.2, 0.25) is 0 Å². The number of carbonyl (C=O) groups excluding carboxylic acids is 2. The van der Waals surface area contributed by atoms with Crippen molar-refractivity contribution in [3.8, 4) is 0 Å². The smallest absolute Gasteiger partial charge is 0.356 e. The van der Waals surface area contributed by atoms with Gasteiger partial charge in [-0.3, -0.25) is 9.59 Å². The molecule has 0 bridgehead atoms. The molecule has 49 heavy (non-hydrogen) atoms. The lowest BCUT2D eigenvalue weighted by Gasteiger charge is -2.34. The zero-order valence-corrected chi connectivity index (χ0v) is 29.8. The minimum absolute atomic E-state index is 0.0227. The highest BCUT2D eigenvalue weighted by Gasteiger charge is 2.43. The third-order valence-corrected chi connectivity index (χ3v) is 10.5. The molecule has 0 radical (unpaired) electrons. The molecule has 1 aromatic carbocycles. The molecular weight excluding hydrogens is 767 g/mol. The van der Waals surface area contributed by atoms with Gasteiger partial charge in [0.15, 0.2) is 5.65 Å². The lowest BCUT2D eigenvalue weighted by atomic mass is 9.85. The fourth-order valence-corrected chi connectivity index (χ4v) is 7.14. The summed E-state index contributed by atoms with van der Waals surface area (Å²) >= 11 is 2.19. The molecule has 1 saturated carbocycles. The van der Waals surface area contributed by atoms with Gasteiger partial charge in [0.25, 0.3) is 5.91 Å². The van der Waals surface area contributed by atoms with E-state index in [1.165, 1.54) is 6.07 Å². The Kier molecular flexibility index (Phi) is 10.7. The van der Waals surface area contributed by atoms with Gasteiger partial charge >= 0.3 is 12.4 Å². The normalized spacial score (nSPS) is 19.6. The Balaban J connectivity index is 1.41. The number of alkyl halides is 6. The lowest BCUT2D eigenvalue weighted by Crippen LogP contribution is -2.42. The van der Waals surface area contributed by atoms with Gasteiger partial charge in [0.2, 0.25) is 11.9 Å². The molecule has 2 fully saturated rings. The SMILES string of the molecule is Cc1ccc(CNC(=O)C(C)(C)C)c(I)c1Nc1nc2cc(C(=O)NC3CCC(C(F)(F)F)CC3)c(N3CCC(C(F)(F)F)CC3)nc2[nH]1. The Morgan fingerprint density at radius 1 is 0.939 bits per heavy atom. The number of fused-ring (bicyclic) bond motifs is 1. The summed E-state index contributed by atoms with van der Waals surface area (Å²) in [5.74, 6) is -3.02. The molecule has 5 rings (SSSR count). The number of imidazole rings is 1. The van der Waals surface area contributed by atoms with Gasteiger partial charge in [0, 0.05) is 34.7 Å². The number of H-pyrrole nitrogens is 1. The number of rotatable bonds is 7. The van der Waals surface area contributed by atoms with Crippen LogP contribution in [0.1, 0.15) is 80.8 Å². The average Bonchev–Trinajstić information content (AvgIpc) is 3.42. The number of anilines is 3. The van der Waals surface area contributed by atoms with Gasteiger partial charge in [-0.05, 0) is 85.2 Å². The third kappa shape index (κ3) is 8.71. The van der Waals surface area contributed by atoms with Crippen LogP contribution in [0.4, 0.5) is 43.8 Å². The summed E-state index contributed by atoms with van der Waals surface area (Å²) in [6.07, 6.45) is -8.81. The van der Waals surface area contributed by atoms with E-state index in [2.05, 4.69) is 53.5 Å². The Morgan fingerprint density at radius 2 is 1.55 bits per heavy atom. The monoisotopic (exact) mass is 807 g/mol. The highest BCUT2D eigenvalue weighted by atomic mass is 127. The molecular formula is C33H40F6IN7O2. The molecule has 0 spiro atoms. The number of aromatic nitrogens is 3. The van der Waals surface area contributed by atoms with Gasteiger partial charge in [-0.15, -0.1) is 0 Å². The molecule has 0 unspecified atom stereocenters. The van der Waals surface area contributed by atoms with Crippen LogP contribution in [0.25, 0.3) is 11.2 Å². The van der Waals surface area contributed by atoms with Crippen LogP contribution in [-0.2, 0) is 11.3 Å². The quantitative estimate of drug-likeness (QED) is 0.143. The molecule has 268 valence electrons. The number of piperidine rings is 1. The first-order valence-corrected chi connectivity index (χ1v) is 17.3. The number of pyridine rings is 1. The fraction of sp³-hybridized carbons (Fsp3) is 0.576. The minimum Gasteiger partial charge on any atom is -0.356 e. The zero-order chi connectivity index (χ0) is 35.9. The molecule has 3 heterocycles. The highest BCUT2D eigenvalue weighted by Crippen LogP contribution is 2.39. The first-order chi connectivity index (χ1) is 22.8. The Morgan fingerprint density at radius 3 is 2.14 bits per heavy atom. The van der Waals surface area contributed by atoms with Gasteiger partial charge in [0.1, 0.15) is 11.3 Å². The van der Waals surface area contributed by atoms with E-state index in [1.54, 1.807) is 4.90 Å². The van der Waals surface area contributed by atoms with E-state index in [0.29, 0.717) is 23.7 Å². The molecule has 4 N–H and O–H groups in total. The van der Waals surface area contributed by atoms with Gasteiger partial charge in [-0.1, -0.05) is 32.9 Å². The van der Waals surface area contributed by atoms with Crippen LogP contribution in [0.15, 0.2) is 18.2 Å². The predicted octanol–water partition coefficient (Wildman–Crippen LogP) is 7.91. The van der Waals surface area contributed by atoms with Crippen molar-refractivity contribution in [2.45, 2.75) is 91.2 Å². The molecule has 16 heteroatoms. The number of carbonyl (C=O) groups is 2.